The molecule has 0 radical (unpaired) electrons. The summed E-state index contributed by atoms with van der Waals surface area (Å²) in [4.78, 5) is 20.8. The van der Waals surface area contributed by atoms with E-state index < -0.39 is 0 Å². The summed E-state index contributed by atoms with van der Waals surface area (Å²) < 4.78 is 15.0. The number of imidazole rings is 1. The van der Waals surface area contributed by atoms with Crippen molar-refractivity contribution in [2.45, 2.75) is 0 Å². The van der Waals surface area contributed by atoms with Gasteiger partial charge in [-0.1, -0.05) is 6.07 Å². The second-order valence-corrected chi connectivity index (χ2v) is 6.23. The third-order valence-corrected chi connectivity index (χ3v) is 4.63. The fraction of sp³-hybridized carbons (Fsp3) is 0.200. The molecule has 2 aromatic heterocycles. The number of pyridine rings is 1. The van der Waals surface area contributed by atoms with E-state index in [0.717, 1.165) is 30.1 Å². The highest BCUT2D eigenvalue weighted by Gasteiger charge is 2.19. The molecule has 0 N–H and O–H groups in total. The maximum absolute atomic E-state index is 13.0. The Morgan fingerprint density at radius 2 is 1.81 bits per heavy atom. The van der Waals surface area contributed by atoms with Gasteiger partial charge in [0.05, 0.1) is 11.9 Å². The predicted octanol–water partition coefficient (Wildman–Crippen LogP) is 2.84. The van der Waals surface area contributed by atoms with Gasteiger partial charge < -0.3 is 14.2 Å². The summed E-state index contributed by atoms with van der Waals surface area (Å²) in [7, 11) is 0. The number of amides is 1. The molecule has 3 heterocycles. The number of piperazine rings is 1. The van der Waals surface area contributed by atoms with Gasteiger partial charge in [-0.25, -0.2) is 9.37 Å². The third-order valence-electron chi connectivity index (χ3n) is 4.63. The van der Waals surface area contributed by atoms with Crippen LogP contribution < -0.4 is 4.90 Å². The Morgan fingerprint density at radius 1 is 1.04 bits per heavy atom. The second kappa shape index (κ2) is 7.00. The van der Waals surface area contributed by atoms with Crippen molar-refractivity contribution < 1.29 is 9.18 Å². The maximum Gasteiger partial charge on any atom is 0.246 e. The molecule has 0 atom stereocenters. The molecule has 1 saturated heterocycles. The van der Waals surface area contributed by atoms with Crippen LogP contribution in [0.1, 0.15) is 5.69 Å². The Hall–Kier alpha value is -3.15. The van der Waals surface area contributed by atoms with Gasteiger partial charge in [0.1, 0.15) is 11.5 Å². The van der Waals surface area contributed by atoms with Crippen molar-refractivity contribution in [3.05, 3.63) is 72.4 Å². The standard InChI is InChI=1S/C20H19FN4O/c21-16-4-6-17(7-5-16)23-11-13-24(14-12-23)20(26)9-8-18-15-22-19-3-1-2-10-25(18)19/h1-10,15H,11-14H2/b9-8+. The Bertz CT molecular complexity index is 940. The van der Waals surface area contributed by atoms with Gasteiger partial charge in [0.15, 0.2) is 0 Å². The summed E-state index contributed by atoms with van der Waals surface area (Å²) in [5.41, 5.74) is 2.71. The van der Waals surface area contributed by atoms with Crippen LogP contribution in [0.15, 0.2) is 60.9 Å². The average molecular weight is 350 g/mol. The lowest BCUT2D eigenvalue weighted by Gasteiger charge is -2.35. The van der Waals surface area contributed by atoms with Gasteiger partial charge in [-0.2, -0.15) is 0 Å². The average Bonchev–Trinajstić information content (AvgIpc) is 3.10. The molecule has 0 unspecified atom stereocenters. The van der Waals surface area contributed by atoms with Crippen molar-refractivity contribution in [2.24, 2.45) is 0 Å². The SMILES string of the molecule is O=C(/C=C/c1cnc2ccccn12)N1CCN(c2ccc(F)cc2)CC1. The molecule has 0 saturated carbocycles. The number of hydrogen-bond acceptors (Lipinski definition) is 3. The molecule has 26 heavy (non-hydrogen) atoms. The van der Waals surface area contributed by atoms with Crippen LogP contribution in [-0.4, -0.2) is 46.4 Å². The van der Waals surface area contributed by atoms with Crippen molar-refractivity contribution in [1.29, 1.82) is 0 Å². The largest absolute Gasteiger partial charge is 0.368 e. The first-order valence-electron chi connectivity index (χ1n) is 8.60. The lowest BCUT2D eigenvalue weighted by atomic mass is 10.2. The van der Waals surface area contributed by atoms with Crippen LogP contribution in [0.5, 0.6) is 0 Å². The lowest BCUT2D eigenvalue weighted by molar-refractivity contribution is -0.126. The van der Waals surface area contributed by atoms with E-state index in [-0.39, 0.29) is 11.7 Å². The smallest absolute Gasteiger partial charge is 0.246 e. The van der Waals surface area contributed by atoms with Gasteiger partial charge in [-0.05, 0) is 42.5 Å². The Morgan fingerprint density at radius 3 is 2.58 bits per heavy atom. The van der Waals surface area contributed by atoms with Crippen molar-refractivity contribution in [2.75, 3.05) is 31.1 Å². The first-order valence-corrected chi connectivity index (χ1v) is 8.60. The van der Waals surface area contributed by atoms with Gasteiger partial charge in [0.25, 0.3) is 0 Å². The quantitative estimate of drug-likeness (QED) is 0.682. The van der Waals surface area contributed by atoms with Crippen LogP contribution in [0.25, 0.3) is 11.7 Å². The molecule has 0 aliphatic carbocycles. The summed E-state index contributed by atoms with van der Waals surface area (Å²) in [6.45, 7) is 2.77. The fourth-order valence-corrected chi connectivity index (χ4v) is 3.17. The number of rotatable bonds is 3. The molecule has 132 valence electrons. The summed E-state index contributed by atoms with van der Waals surface area (Å²) >= 11 is 0. The van der Waals surface area contributed by atoms with Gasteiger partial charge in [-0.15, -0.1) is 0 Å². The molecule has 1 aromatic carbocycles. The predicted molar refractivity (Wildman–Crippen MR) is 99.4 cm³/mol. The zero-order valence-electron chi connectivity index (χ0n) is 14.3. The van der Waals surface area contributed by atoms with E-state index in [1.54, 1.807) is 30.5 Å². The summed E-state index contributed by atoms with van der Waals surface area (Å²) in [5, 5.41) is 0. The highest BCUT2D eigenvalue weighted by molar-refractivity contribution is 5.91. The van der Waals surface area contributed by atoms with Crippen LogP contribution in [0.2, 0.25) is 0 Å². The minimum Gasteiger partial charge on any atom is -0.368 e. The molecule has 1 aliphatic rings. The molecule has 0 spiro atoms. The normalized spacial score (nSPS) is 15.1. The number of nitrogens with zero attached hydrogens (tertiary/aromatic N) is 4. The zero-order valence-corrected chi connectivity index (χ0v) is 14.3. The topological polar surface area (TPSA) is 40.9 Å². The number of halogens is 1. The molecule has 6 heteroatoms. The van der Waals surface area contributed by atoms with E-state index in [1.807, 2.05) is 33.7 Å². The summed E-state index contributed by atoms with van der Waals surface area (Å²) in [6.07, 6.45) is 7.08. The number of hydrogen-bond donors (Lipinski definition) is 0. The number of carbonyl (C=O) groups excluding carboxylic acids is 1. The second-order valence-electron chi connectivity index (χ2n) is 6.23. The van der Waals surface area contributed by atoms with Crippen LogP contribution in [0, 0.1) is 5.82 Å². The van der Waals surface area contributed by atoms with E-state index in [4.69, 9.17) is 0 Å². The van der Waals surface area contributed by atoms with Crippen LogP contribution in [0.3, 0.4) is 0 Å². The molecule has 0 bridgehead atoms. The van der Waals surface area contributed by atoms with E-state index in [2.05, 4.69) is 9.88 Å². The number of aromatic nitrogens is 2. The van der Waals surface area contributed by atoms with Gasteiger partial charge in [0.2, 0.25) is 5.91 Å². The van der Waals surface area contributed by atoms with Crippen molar-refractivity contribution in [3.8, 4) is 0 Å². The molecule has 1 fully saturated rings. The van der Waals surface area contributed by atoms with E-state index in [1.165, 1.54) is 12.1 Å². The summed E-state index contributed by atoms with van der Waals surface area (Å²) in [5.74, 6) is -0.241. The van der Waals surface area contributed by atoms with Crippen molar-refractivity contribution >= 4 is 23.3 Å². The molecule has 1 aliphatic heterocycles. The van der Waals surface area contributed by atoms with Crippen LogP contribution >= 0.6 is 0 Å². The zero-order chi connectivity index (χ0) is 17.9. The Kier molecular flexibility index (Phi) is 4.39. The van der Waals surface area contributed by atoms with Gasteiger partial charge in [0, 0.05) is 44.1 Å². The molecular weight excluding hydrogens is 331 g/mol. The molecule has 4 rings (SSSR count). The fourth-order valence-electron chi connectivity index (χ4n) is 3.17. The van der Waals surface area contributed by atoms with E-state index in [9.17, 15) is 9.18 Å². The summed E-state index contributed by atoms with van der Waals surface area (Å²) in [6, 6.07) is 12.3. The number of carbonyl (C=O) groups is 1. The monoisotopic (exact) mass is 350 g/mol. The van der Waals surface area contributed by atoms with Crippen LogP contribution in [-0.2, 0) is 4.79 Å². The van der Waals surface area contributed by atoms with Crippen molar-refractivity contribution in [1.82, 2.24) is 14.3 Å². The van der Waals surface area contributed by atoms with Crippen molar-refractivity contribution in [3.63, 3.8) is 0 Å². The number of fused-ring (bicyclic) bond motifs is 1. The highest BCUT2D eigenvalue weighted by atomic mass is 19.1. The van der Waals surface area contributed by atoms with Crippen LogP contribution in [0.4, 0.5) is 10.1 Å². The van der Waals surface area contributed by atoms with Gasteiger partial charge in [-0.3, -0.25) is 4.79 Å². The lowest BCUT2D eigenvalue weighted by Crippen LogP contribution is -2.48. The number of benzene rings is 1. The minimum atomic E-state index is -0.236. The first-order chi connectivity index (χ1) is 12.7. The Balaban J connectivity index is 1.38. The number of anilines is 1. The molecule has 5 nitrogen and oxygen atoms in total. The third kappa shape index (κ3) is 3.31. The Labute approximate surface area is 151 Å². The molecular formula is C20H19FN4O. The van der Waals surface area contributed by atoms with E-state index in [0.29, 0.717) is 13.1 Å². The van der Waals surface area contributed by atoms with E-state index >= 15 is 0 Å². The highest BCUT2D eigenvalue weighted by Crippen LogP contribution is 2.17. The molecule has 1 amide bonds. The molecule has 3 aromatic rings. The first kappa shape index (κ1) is 16.3. The maximum atomic E-state index is 13.0. The van der Waals surface area contributed by atoms with Gasteiger partial charge >= 0.3 is 0 Å². The minimum absolute atomic E-state index is 0.00497.